The molecule has 20 heavy (non-hydrogen) atoms. The van der Waals surface area contributed by atoms with E-state index in [0.717, 1.165) is 6.42 Å². The fourth-order valence-electron chi connectivity index (χ4n) is 1.55. The minimum Gasteiger partial charge on any atom is -0.430 e. The van der Waals surface area contributed by atoms with Crippen LogP contribution in [0, 0.1) is 5.41 Å². The van der Waals surface area contributed by atoms with Crippen molar-refractivity contribution in [3.63, 3.8) is 0 Å². The summed E-state index contributed by atoms with van der Waals surface area (Å²) in [5.74, 6) is 0.524. The van der Waals surface area contributed by atoms with Gasteiger partial charge >= 0.3 is 6.16 Å². The van der Waals surface area contributed by atoms with E-state index in [1.807, 2.05) is 52.0 Å². The van der Waals surface area contributed by atoms with Gasteiger partial charge < -0.3 is 9.47 Å². The molecule has 1 unspecified atom stereocenters. The highest BCUT2D eigenvalue weighted by Gasteiger charge is 2.24. The molecule has 0 aliphatic rings. The first-order valence-corrected chi connectivity index (χ1v) is 7.30. The molecule has 0 aromatic heterocycles. The van der Waals surface area contributed by atoms with E-state index in [1.165, 1.54) is 18.4 Å². The summed E-state index contributed by atoms with van der Waals surface area (Å²) in [5, 5.41) is 0. The van der Waals surface area contributed by atoms with Crippen LogP contribution in [0.4, 0.5) is 4.79 Å². The third kappa shape index (κ3) is 5.64. The molecule has 0 amide bonds. The van der Waals surface area contributed by atoms with Crippen molar-refractivity contribution in [3.8, 4) is 5.75 Å². The van der Waals surface area contributed by atoms with Crippen molar-refractivity contribution in [2.75, 3.05) is 0 Å². The standard InChI is InChI=1S/C17H26O3/c1-6-7-8-14-9-11-15(12-10-14)20-16(18)19-13(2)17(3,4)5/h9-13H,6-8H2,1-5H3. The van der Waals surface area contributed by atoms with Crippen LogP contribution in [-0.2, 0) is 11.2 Å². The van der Waals surface area contributed by atoms with Crippen molar-refractivity contribution in [1.82, 2.24) is 0 Å². The summed E-state index contributed by atoms with van der Waals surface area (Å²) in [4.78, 5) is 11.7. The van der Waals surface area contributed by atoms with Crippen LogP contribution in [-0.4, -0.2) is 12.3 Å². The lowest BCUT2D eigenvalue weighted by atomic mass is 9.90. The van der Waals surface area contributed by atoms with Crippen molar-refractivity contribution in [2.24, 2.45) is 5.41 Å². The van der Waals surface area contributed by atoms with Gasteiger partial charge in [0.25, 0.3) is 0 Å². The number of rotatable bonds is 5. The normalized spacial score (nSPS) is 12.8. The molecule has 0 heterocycles. The van der Waals surface area contributed by atoms with Crippen LogP contribution >= 0.6 is 0 Å². The third-order valence-corrected chi connectivity index (χ3v) is 3.44. The maximum atomic E-state index is 11.7. The Morgan fingerprint density at radius 3 is 2.30 bits per heavy atom. The van der Waals surface area contributed by atoms with Gasteiger partial charge in [0.1, 0.15) is 11.9 Å². The summed E-state index contributed by atoms with van der Waals surface area (Å²) >= 11 is 0. The fourth-order valence-corrected chi connectivity index (χ4v) is 1.55. The number of aryl methyl sites for hydroxylation is 1. The summed E-state index contributed by atoms with van der Waals surface area (Å²) in [5.41, 5.74) is 1.17. The number of unbranched alkanes of at least 4 members (excludes halogenated alkanes) is 1. The van der Waals surface area contributed by atoms with Crippen LogP contribution < -0.4 is 4.74 Å². The van der Waals surface area contributed by atoms with E-state index >= 15 is 0 Å². The van der Waals surface area contributed by atoms with E-state index in [1.54, 1.807) is 0 Å². The summed E-state index contributed by atoms with van der Waals surface area (Å²) in [7, 11) is 0. The monoisotopic (exact) mass is 278 g/mol. The highest BCUT2D eigenvalue weighted by atomic mass is 16.7. The molecule has 0 aliphatic carbocycles. The molecule has 1 aromatic rings. The van der Waals surface area contributed by atoms with Gasteiger partial charge in [0, 0.05) is 0 Å². The molecule has 0 radical (unpaired) electrons. The van der Waals surface area contributed by atoms with Crippen molar-refractivity contribution in [1.29, 1.82) is 0 Å². The second kappa shape index (κ2) is 7.32. The number of hydrogen-bond donors (Lipinski definition) is 0. The molecule has 0 saturated heterocycles. The summed E-state index contributed by atoms with van der Waals surface area (Å²) in [6, 6.07) is 7.61. The molecule has 3 nitrogen and oxygen atoms in total. The van der Waals surface area contributed by atoms with E-state index in [2.05, 4.69) is 6.92 Å². The van der Waals surface area contributed by atoms with Gasteiger partial charge in [0.2, 0.25) is 0 Å². The minimum absolute atomic E-state index is 0.0942. The second-order valence-corrected chi connectivity index (χ2v) is 6.23. The number of carbonyl (C=O) groups excluding carboxylic acids is 1. The van der Waals surface area contributed by atoms with Gasteiger partial charge in [0.15, 0.2) is 0 Å². The molecular weight excluding hydrogens is 252 g/mol. The maximum absolute atomic E-state index is 11.7. The largest absolute Gasteiger partial charge is 0.514 e. The zero-order valence-electron chi connectivity index (χ0n) is 13.2. The van der Waals surface area contributed by atoms with Crippen LogP contribution in [0.15, 0.2) is 24.3 Å². The Bertz CT molecular complexity index is 415. The van der Waals surface area contributed by atoms with E-state index in [9.17, 15) is 4.79 Å². The van der Waals surface area contributed by atoms with Gasteiger partial charge in [-0.3, -0.25) is 0 Å². The molecule has 0 saturated carbocycles. The van der Waals surface area contributed by atoms with E-state index < -0.39 is 6.16 Å². The van der Waals surface area contributed by atoms with Crippen molar-refractivity contribution in [3.05, 3.63) is 29.8 Å². The van der Waals surface area contributed by atoms with Crippen molar-refractivity contribution in [2.45, 2.75) is 60.0 Å². The predicted octanol–water partition coefficient (Wildman–Crippen LogP) is 4.98. The van der Waals surface area contributed by atoms with Crippen molar-refractivity contribution >= 4 is 6.16 Å². The lowest BCUT2D eigenvalue weighted by Crippen LogP contribution is -2.29. The average Bonchev–Trinajstić information content (AvgIpc) is 2.36. The Hall–Kier alpha value is -1.51. The van der Waals surface area contributed by atoms with Crippen LogP contribution in [0.2, 0.25) is 0 Å². The first kappa shape index (κ1) is 16.5. The summed E-state index contributed by atoms with van der Waals surface area (Å²) in [6.07, 6.45) is 2.57. The van der Waals surface area contributed by atoms with E-state index in [4.69, 9.17) is 9.47 Å². The van der Waals surface area contributed by atoms with Crippen molar-refractivity contribution < 1.29 is 14.3 Å². The SMILES string of the molecule is CCCCc1ccc(OC(=O)OC(C)C(C)(C)C)cc1. The fraction of sp³-hybridized carbons (Fsp3) is 0.588. The Morgan fingerprint density at radius 2 is 1.80 bits per heavy atom. The molecule has 1 rings (SSSR count). The molecule has 0 fully saturated rings. The molecule has 0 spiro atoms. The van der Waals surface area contributed by atoms with Crippen LogP contribution in [0.5, 0.6) is 5.75 Å². The van der Waals surface area contributed by atoms with E-state index in [-0.39, 0.29) is 11.5 Å². The Labute approximate surface area is 122 Å². The molecule has 0 aliphatic heterocycles. The predicted molar refractivity (Wildman–Crippen MR) is 81.1 cm³/mol. The number of hydrogen-bond acceptors (Lipinski definition) is 3. The number of benzene rings is 1. The quantitative estimate of drug-likeness (QED) is 0.563. The number of carbonyl (C=O) groups is 1. The zero-order chi connectivity index (χ0) is 15.2. The Kier molecular flexibility index (Phi) is 6.05. The van der Waals surface area contributed by atoms with Crippen LogP contribution in [0.3, 0.4) is 0 Å². The molecule has 0 N–H and O–H groups in total. The highest BCUT2D eigenvalue weighted by molar-refractivity contribution is 5.64. The van der Waals surface area contributed by atoms with Gasteiger partial charge in [-0.25, -0.2) is 4.79 Å². The molecule has 0 bridgehead atoms. The summed E-state index contributed by atoms with van der Waals surface area (Å²) < 4.78 is 10.4. The van der Waals surface area contributed by atoms with E-state index in [0.29, 0.717) is 5.75 Å². The van der Waals surface area contributed by atoms with Crippen LogP contribution in [0.1, 0.15) is 53.0 Å². The average molecular weight is 278 g/mol. The maximum Gasteiger partial charge on any atom is 0.514 e. The van der Waals surface area contributed by atoms with Gasteiger partial charge in [-0.1, -0.05) is 46.2 Å². The first-order chi connectivity index (χ1) is 9.32. The minimum atomic E-state index is -0.645. The number of ether oxygens (including phenoxy) is 2. The first-order valence-electron chi connectivity index (χ1n) is 7.30. The topological polar surface area (TPSA) is 35.5 Å². The Balaban J connectivity index is 2.50. The lowest BCUT2D eigenvalue weighted by molar-refractivity contribution is 0.0163. The van der Waals surface area contributed by atoms with Gasteiger partial charge in [-0.05, 0) is 42.9 Å². The lowest BCUT2D eigenvalue weighted by Gasteiger charge is -2.26. The summed E-state index contributed by atoms with van der Waals surface area (Å²) in [6.45, 7) is 10.1. The van der Waals surface area contributed by atoms with Gasteiger partial charge in [-0.2, -0.15) is 0 Å². The smallest absolute Gasteiger partial charge is 0.430 e. The highest BCUT2D eigenvalue weighted by Crippen LogP contribution is 2.22. The zero-order valence-corrected chi connectivity index (χ0v) is 13.2. The molecule has 3 heteroatoms. The molecular formula is C17H26O3. The second-order valence-electron chi connectivity index (χ2n) is 6.23. The Morgan fingerprint density at radius 1 is 1.20 bits per heavy atom. The van der Waals surface area contributed by atoms with Gasteiger partial charge in [-0.15, -0.1) is 0 Å². The van der Waals surface area contributed by atoms with Gasteiger partial charge in [0.05, 0.1) is 0 Å². The molecule has 1 aromatic carbocycles. The molecule has 1 atom stereocenters. The molecule has 112 valence electrons. The van der Waals surface area contributed by atoms with Crippen LogP contribution in [0.25, 0.3) is 0 Å². The third-order valence-electron chi connectivity index (χ3n) is 3.44.